The van der Waals surface area contributed by atoms with Crippen molar-refractivity contribution in [2.24, 2.45) is 0 Å². The zero-order valence-corrected chi connectivity index (χ0v) is 24.1. The van der Waals surface area contributed by atoms with E-state index < -0.39 is 16.4 Å². The van der Waals surface area contributed by atoms with E-state index in [1.807, 2.05) is 6.92 Å². The van der Waals surface area contributed by atoms with Crippen LogP contribution in [-0.4, -0.2) is 32.2 Å². The third-order valence-electron chi connectivity index (χ3n) is 4.89. The molecule has 180 valence electrons. The summed E-state index contributed by atoms with van der Waals surface area (Å²) in [6.45, 7) is 4.25. The molecule has 1 atom stereocenters. The largest absolute Gasteiger partial charge is 1.00 e. The van der Waals surface area contributed by atoms with Crippen LogP contribution < -0.4 is 51.4 Å². The van der Waals surface area contributed by atoms with E-state index in [9.17, 15) is 18.3 Å². The molecule has 0 saturated carbocycles. The van der Waals surface area contributed by atoms with Gasteiger partial charge in [0.1, 0.15) is 0 Å². The Kier molecular flexibility index (Phi) is 26.1. The number of aliphatic hydroxyl groups is 1. The first-order valence-electron chi connectivity index (χ1n) is 11.9. The van der Waals surface area contributed by atoms with Gasteiger partial charge in [0, 0.05) is 6.42 Å². The molecule has 0 amide bonds. The summed E-state index contributed by atoms with van der Waals surface area (Å²) in [5.74, 6) is -0.748. The van der Waals surface area contributed by atoms with Crippen molar-refractivity contribution in [2.75, 3.05) is 6.61 Å². The second-order valence-electron chi connectivity index (χ2n) is 7.91. The van der Waals surface area contributed by atoms with Crippen LogP contribution in [0.2, 0.25) is 0 Å². The summed E-state index contributed by atoms with van der Waals surface area (Å²) in [7, 11) is -4.21. The fourth-order valence-electron chi connectivity index (χ4n) is 3.05. The van der Waals surface area contributed by atoms with E-state index in [4.69, 9.17) is 0 Å². The quantitative estimate of drug-likeness (QED) is 0.152. The Labute approximate surface area is 235 Å². The van der Waals surface area contributed by atoms with Gasteiger partial charge in [0.2, 0.25) is 0 Å². The second-order valence-corrected chi connectivity index (χ2v) is 9.13. The number of unbranched alkanes of at least 4 members (excludes halogenated alkanes) is 10. The number of allylic oxidation sites excluding steroid dienone is 1. The number of hydrogen-bond donors (Lipinski definition) is 1. The molecule has 0 spiro atoms. The van der Waals surface area contributed by atoms with Gasteiger partial charge < -0.3 is 10.7 Å². The van der Waals surface area contributed by atoms with Crippen LogP contribution in [0.25, 0.3) is 0 Å². The maximum atomic E-state index is 11.6. The standard InChI is InChI=1S/C23H44O6S.K.H/c1-3-5-7-14-18-22(24)19-15-12-10-8-9-11-13-16-20-23(25)29-30(26,27)28-21-17-6-4-2;;/h12,15,22,24H,3-11,13-14,16-21H2,1-2H3;;/q;+1;-1/b15-12-;;/t22-;;/m1../s1. The SMILES string of the molecule is CCCCCC[C@@H](O)C/C=C\CCCCCCCC(=O)OS(=O)(=O)OCCCCC.[H-].[K+]. The van der Waals surface area contributed by atoms with Gasteiger partial charge in [0.15, 0.2) is 0 Å². The molecule has 31 heavy (non-hydrogen) atoms. The third-order valence-corrected chi connectivity index (χ3v) is 5.73. The molecule has 0 bridgehead atoms. The summed E-state index contributed by atoms with van der Waals surface area (Å²) in [6.07, 6.45) is 18.6. The Hall–Kier alpha value is 0.716. The predicted molar refractivity (Wildman–Crippen MR) is 122 cm³/mol. The van der Waals surface area contributed by atoms with Gasteiger partial charge in [-0.25, -0.2) is 4.18 Å². The Bertz CT molecular complexity index is 543. The molecule has 0 heterocycles. The summed E-state index contributed by atoms with van der Waals surface area (Å²) in [6, 6.07) is 0. The van der Waals surface area contributed by atoms with E-state index in [0.717, 1.165) is 64.2 Å². The number of aliphatic hydroxyl groups excluding tert-OH is 1. The van der Waals surface area contributed by atoms with E-state index in [1.165, 1.54) is 19.3 Å². The number of carbonyl (C=O) groups excluding carboxylic acids is 1. The van der Waals surface area contributed by atoms with Gasteiger partial charge in [-0.3, -0.25) is 4.79 Å². The van der Waals surface area contributed by atoms with Gasteiger partial charge in [-0.05, 0) is 38.5 Å². The van der Waals surface area contributed by atoms with Gasteiger partial charge in [-0.1, -0.05) is 83.8 Å². The monoisotopic (exact) mass is 488 g/mol. The van der Waals surface area contributed by atoms with Crippen LogP contribution in [0.4, 0.5) is 0 Å². The number of rotatable bonds is 21. The van der Waals surface area contributed by atoms with Crippen molar-refractivity contribution >= 4 is 16.4 Å². The second kappa shape index (κ2) is 23.9. The molecule has 0 aromatic carbocycles. The summed E-state index contributed by atoms with van der Waals surface area (Å²) < 4.78 is 32.1. The molecule has 0 aliphatic heterocycles. The smallest absolute Gasteiger partial charge is 1.00 e. The number of carbonyl (C=O) groups is 1. The van der Waals surface area contributed by atoms with Crippen LogP contribution >= 0.6 is 0 Å². The molecule has 0 saturated heterocycles. The molecule has 6 nitrogen and oxygen atoms in total. The van der Waals surface area contributed by atoms with E-state index >= 15 is 0 Å². The van der Waals surface area contributed by atoms with Crippen LogP contribution in [0.15, 0.2) is 12.2 Å². The van der Waals surface area contributed by atoms with Gasteiger partial charge in [0.05, 0.1) is 12.7 Å². The Balaban J connectivity index is -0.00000420. The van der Waals surface area contributed by atoms with Crippen LogP contribution in [0.5, 0.6) is 0 Å². The van der Waals surface area contributed by atoms with Crippen molar-refractivity contribution in [2.45, 2.75) is 123 Å². The van der Waals surface area contributed by atoms with Gasteiger partial charge in [-0.15, -0.1) is 0 Å². The van der Waals surface area contributed by atoms with Crippen molar-refractivity contribution < 1.29 is 79.5 Å². The minimum Gasteiger partial charge on any atom is -1.00 e. The minimum absolute atomic E-state index is 0. The molecule has 0 aromatic heterocycles. The van der Waals surface area contributed by atoms with Gasteiger partial charge >= 0.3 is 67.8 Å². The van der Waals surface area contributed by atoms with Crippen molar-refractivity contribution in [1.82, 2.24) is 0 Å². The fourth-order valence-corrected chi connectivity index (χ4v) is 3.73. The van der Waals surface area contributed by atoms with E-state index in [2.05, 4.69) is 27.4 Å². The molecule has 1 N–H and O–H groups in total. The molecule has 0 rings (SSSR count). The van der Waals surface area contributed by atoms with Crippen LogP contribution in [0.3, 0.4) is 0 Å². The maximum absolute atomic E-state index is 11.6. The van der Waals surface area contributed by atoms with Crippen LogP contribution in [-0.2, 0) is 23.6 Å². The van der Waals surface area contributed by atoms with Gasteiger partial charge in [0.25, 0.3) is 0 Å². The first kappa shape index (κ1) is 33.9. The molecular weight excluding hydrogens is 443 g/mol. The van der Waals surface area contributed by atoms with Crippen molar-refractivity contribution in [3.05, 3.63) is 12.2 Å². The molecule has 0 fully saturated rings. The summed E-state index contributed by atoms with van der Waals surface area (Å²) in [4.78, 5) is 11.6. The molecular formula is C23H45KO6S. The Morgan fingerprint density at radius 1 is 0.903 bits per heavy atom. The van der Waals surface area contributed by atoms with Crippen molar-refractivity contribution in [3.63, 3.8) is 0 Å². The van der Waals surface area contributed by atoms with E-state index in [1.54, 1.807) is 0 Å². The zero-order valence-electron chi connectivity index (χ0n) is 21.1. The van der Waals surface area contributed by atoms with E-state index in [-0.39, 0.29) is 71.9 Å². The Morgan fingerprint density at radius 2 is 1.52 bits per heavy atom. The normalized spacial score (nSPS) is 12.6. The van der Waals surface area contributed by atoms with Gasteiger partial charge in [-0.2, -0.15) is 8.42 Å². The van der Waals surface area contributed by atoms with Crippen molar-refractivity contribution in [1.29, 1.82) is 0 Å². The maximum Gasteiger partial charge on any atom is 1.00 e. The molecule has 0 radical (unpaired) electrons. The van der Waals surface area contributed by atoms with Crippen LogP contribution in [0, 0.1) is 0 Å². The Morgan fingerprint density at radius 3 is 2.23 bits per heavy atom. The molecule has 0 aliphatic rings. The minimum atomic E-state index is -4.21. The third kappa shape index (κ3) is 25.2. The predicted octanol–water partition coefficient (Wildman–Crippen LogP) is 3.11. The molecule has 8 heteroatoms. The van der Waals surface area contributed by atoms with Crippen LogP contribution in [0.1, 0.15) is 118 Å². The first-order chi connectivity index (χ1) is 14.4. The number of hydrogen-bond acceptors (Lipinski definition) is 6. The van der Waals surface area contributed by atoms with E-state index in [0.29, 0.717) is 12.8 Å². The summed E-state index contributed by atoms with van der Waals surface area (Å²) in [5, 5.41) is 9.89. The molecule has 0 aliphatic carbocycles. The first-order valence-corrected chi connectivity index (χ1v) is 13.2. The fraction of sp³-hybridized carbons (Fsp3) is 0.870. The average Bonchev–Trinajstić information content (AvgIpc) is 2.69. The molecule has 0 aromatic rings. The molecule has 0 unspecified atom stereocenters. The van der Waals surface area contributed by atoms with Crippen molar-refractivity contribution in [3.8, 4) is 0 Å². The zero-order chi connectivity index (χ0) is 22.5. The average molecular weight is 489 g/mol. The topological polar surface area (TPSA) is 89.9 Å². The summed E-state index contributed by atoms with van der Waals surface area (Å²) >= 11 is 0. The summed E-state index contributed by atoms with van der Waals surface area (Å²) in [5.41, 5.74) is 0.